The molecule has 0 unspecified atom stereocenters. The summed E-state index contributed by atoms with van der Waals surface area (Å²) >= 11 is 1.61. The molecule has 10 heavy (non-hydrogen) atoms. The fraction of sp³-hybridized carbons (Fsp3) is 0.286. The molecule has 3 heteroatoms. The summed E-state index contributed by atoms with van der Waals surface area (Å²) in [5.41, 5.74) is 0. The highest BCUT2D eigenvalue weighted by Crippen LogP contribution is 2.15. The molecule has 52 valence electrons. The van der Waals surface area contributed by atoms with Crippen molar-refractivity contribution in [3.63, 3.8) is 0 Å². The molecule has 1 aromatic heterocycles. The Kier molecular flexibility index (Phi) is 2.30. The minimum absolute atomic E-state index is 0.549. The predicted molar refractivity (Wildman–Crippen MR) is 44.2 cm³/mol. The molecule has 0 bridgehead atoms. The Balaban J connectivity index is 2.52. The van der Waals surface area contributed by atoms with Crippen LogP contribution in [0.25, 0.3) is 0 Å². The molecule has 0 aliphatic heterocycles. The van der Waals surface area contributed by atoms with Crippen LogP contribution < -0.4 is 5.32 Å². The number of nitrogens with one attached hydrogen (secondary N) is 1. The Morgan fingerprint density at radius 2 is 2.70 bits per heavy atom. The highest BCUT2D eigenvalue weighted by atomic mass is 32.1. The number of hydrogen-bond acceptors (Lipinski definition) is 3. The maximum atomic E-state index is 5.05. The summed E-state index contributed by atoms with van der Waals surface area (Å²) < 4.78 is 0. The first-order chi connectivity index (χ1) is 4.83. The van der Waals surface area contributed by atoms with E-state index in [9.17, 15) is 0 Å². The molecule has 0 fully saturated rings. The monoisotopic (exact) mass is 152 g/mol. The Bertz CT molecular complexity index is 246. The Labute approximate surface area is 64.3 Å². The lowest BCUT2D eigenvalue weighted by molar-refractivity contribution is 1.30. The van der Waals surface area contributed by atoms with Gasteiger partial charge in [-0.25, -0.2) is 4.98 Å². The number of rotatable bonds is 2. The van der Waals surface area contributed by atoms with Crippen LogP contribution in [0.2, 0.25) is 0 Å². The van der Waals surface area contributed by atoms with Gasteiger partial charge in [0.25, 0.3) is 0 Å². The molecule has 0 amide bonds. The molecule has 0 spiro atoms. The van der Waals surface area contributed by atoms with Gasteiger partial charge in [0.2, 0.25) is 0 Å². The van der Waals surface area contributed by atoms with Crippen molar-refractivity contribution in [2.75, 3.05) is 11.9 Å². The van der Waals surface area contributed by atoms with Gasteiger partial charge in [0.1, 0.15) is 0 Å². The first-order valence-corrected chi connectivity index (χ1v) is 3.74. The molecule has 0 aliphatic rings. The molecular formula is C7H8N2S. The highest BCUT2D eigenvalue weighted by molar-refractivity contribution is 7.15. The largest absolute Gasteiger partial charge is 0.351 e. The van der Waals surface area contributed by atoms with Gasteiger partial charge >= 0.3 is 0 Å². The van der Waals surface area contributed by atoms with Crippen LogP contribution in [0.5, 0.6) is 0 Å². The second-order valence-corrected chi connectivity index (χ2v) is 3.07. The van der Waals surface area contributed by atoms with Gasteiger partial charge in [-0.2, -0.15) is 0 Å². The van der Waals surface area contributed by atoms with Crippen LogP contribution >= 0.6 is 11.3 Å². The molecule has 0 radical (unpaired) electrons. The van der Waals surface area contributed by atoms with Crippen molar-refractivity contribution in [1.82, 2.24) is 4.98 Å². The Hall–Kier alpha value is -1.01. The van der Waals surface area contributed by atoms with Gasteiger partial charge in [-0.15, -0.1) is 17.8 Å². The van der Waals surface area contributed by atoms with E-state index in [-0.39, 0.29) is 0 Å². The average Bonchev–Trinajstić information content (AvgIpc) is 2.31. The summed E-state index contributed by atoms with van der Waals surface area (Å²) in [6, 6.07) is 0. The van der Waals surface area contributed by atoms with Crippen molar-refractivity contribution in [3.05, 3.63) is 11.1 Å². The lowest BCUT2D eigenvalue weighted by Crippen LogP contribution is -1.96. The number of terminal acetylenes is 1. The summed E-state index contributed by atoms with van der Waals surface area (Å²) in [5.74, 6) is 2.48. The first-order valence-electron chi connectivity index (χ1n) is 2.92. The van der Waals surface area contributed by atoms with Crippen molar-refractivity contribution in [1.29, 1.82) is 0 Å². The molecule has 2 nitrogen and oxygen atoms in total. The summed E-state index contributed by atoms with van der Waals surface area (Å²) in [6.45, 7) is 2.56. The van der Waals surface area contributed by atoms with Gasteiger partial charge in [0.15, 0.2) is 5.13 Å². The second-order valence-electron chi connectivity index (χ2n) is 1.83. The normalized spacial score (nSPS) is 8.80. The zero-order valence-corrected chi connectivity index (χ0v) is 6.53. The summed E-state index contributed by atoms with van der Waals surface area (Å²) in [5, 5.41) is 3.88. The minimum Gasteiger partial charge on any atom is -0.351 e. The first kappa shape index (κ1) is 7.10. The van der Waals surface area contributed by atoms with Crippen LogP contribution in [0.3, 0.4) is 0 Å². The zero-order chi connectivity index (χ0) is 7.40. The van der Waals surface area contributed by atoms with E-state index in [0.29, 0.717) is 6.54 Å². The molecule has 1 heterocycles. The number of aryl methyl sites for hydroxylation is 1. The lowest BCUT2D eigenvalue weighted by Gasteiger charge is -1.91. The molecule has 1 aromatic rings. The molecule has 0 aliphatic carbocycles. The number of hydrogen-bond donors (Lipinski definition) is 1. The van der Waals surface area contributed by atoms with Crippen LogP contribution in [0.15, 0.2) is 6.20 Å². The third-order valence-corrected chi connectivity index (χ3v) is 1.83. The summed E-state index contributed by atoms with van der Waals surface area (Å²) in [6.07, 6.45) is 6.87. The van der Waals surface area contributed by atoms with Crippen molar-refractivity contribution in [2.45, 2.75) is 6.92 Å². The standard InChI is InChI=1S/C7H8N2S/c1-3-4-8-7-9-5-6(2)10-7/h1,5H,4H2,2H3,(H,8,9). The third kappa shape index (κ3) is 1.74. The van der Waals surface area contributed by atoms with E-state index in [1.165, 1.54) is 4.88 Å². The van der Waals surface area contributed by atoms with Crippen LogP contribution in [-0.4, -0.2) is 11.5 Å². The minimum atomic E-state index is 0.549. The van der Waals surface area contributed by atoms with Crippen LogP contribution in [0, 0.1) is 19.3 Å². The van der Waals surface area contributed by atoms with Gasteiger partial charge in [0.05, 0.1) is 6.54 Å². The van der Waals surface area contributed by atoms with E-state index in [1.54, 1.807) is 11.3 Å². The van der Waals surface area contributed by atoms with Gasteiger partial charge in [-0.3, -0.25) is 0 Å². The third-order valence-electron chi connectivity index (χ3n) is 0.963. The molecule has 1 N–H and O–H groups in total. The number of anilines is 1. The molecule has 0 aromatic carbocycles. The van der Waals surface area contributed by atoms with E-state index in [4.69, 9.17) is 6.42 Å². The second kappa shape index (κ2) is 3.23. The maximum Gasteiger partial charge on any atom is 0.183 e. The fourth-order valence-corrected chi connectivity index (χ4v) is 1.22. The Morgan fingerprint density at radius 1 is 1.90 bits per heavy atom. The number of aromatic nitrogens is 1. The topological polar surface area (TPSA) is 24.9 Å². The predicted octanol–water partition coefficient (Wildman–Crippen LogP) is 1.50. The summed E-state index contributed by atoms with van der Waals surface area (Å²) in [7, 11) is 0. The van der Waals surface area contributed by atoms with Crippen LogP contribution in [-0.2, 0) is 0 Å². The molecule has 1 rings (SSSR count). The number of thiazole rings is 1. The quantitative estimate of drug-likeness (QED) is 0.649. The molecule has 0 saturated heterocycles. The van der Waals surface area contributed by atoms with E-state index in [2.05, 4.69) is 16.2 Å². The maximum absolute atomic E-state index is 5.05. The van der Waals surface area contributed by atoms with Gasteiger partial charge in [-0.05, 0) is 6.92 Å². The highest BCUT2D eigenvalue weighted by Gasteiger charge is 1.93. The van der Waals surface area contributed by atoms with Gasteiger partial charge in [0, 0.05) is 11.1 Å². The zero-order valence-electron chi connectivity index (χ0n) is 5.72. The lowest BCUT2D eigenvalue weighted by atomic mass is 10.6. The van der Waals surface area contributed by atoms with Gasteiger partial charge in [-0.1, -0.05) is 5.92 Å². The SMILES string of the molecule is C#CCNc1ncc(C)s1. The van der Waals surface area contributed by atoms with Crippen LogP contribution in [0.4, 0.5) is 5.13 Å². The molecule has 0 atom stereocenters. The fourth-order valence-electron chi connectivity index (χ4n) is 0.563. The van der Waals surface area contributed by atoms with E-state index < -0.39 is 0 Å². The van der Waals surface area contributed by atoms with E-state index in [1.807, 2.05) is 13.1 Å². The van der Waals surface area contributed by atoms with Crippen LogP contribution in [0.1, 0.15) is 4.88 Å². The summed E-state index contributed by atoms with van der Waals surface area (Å²) in [4.78, 5) is 5.26. The average molecular weight is 152 g/mol. The van der Waals surface area contributed by atoms with Crippen molar-refractivity contribution in [2.24, 2.45) is 0 Å². The Morgan fingerprint density at radius 3 is 3.20 bits per heavy atom. The van der Waals surface area contributed by atoms with Gasteiger partial charge < -0.3 is 5.32 Å². The smallest absolute Gasteiger partial charge is 0.183 e. The van der Waals surface area contributed by atoms with Crippen molar-refractivity contribution in [3.8, 4) is 12.3 Å². The van der Waals surface area contributed by atoms with E-state index >= 15 is 0 Å². The molecular weight excluding hydrogens is 144 g/mol. The number of nitrogens with zero attached hydrogens (tertiary/aromatic N) is 1. The molecule has 0 saturated carbocycles. The van der Waals surface area contributed by atoms with Crippen molar-refractivity contribution < 1.29 is 0 Å². The van der Waals surface area contributed by atoms with Crippen molar-refractivity contribution >= 4 is 16.5 Å². The van der Waals surface area contributed by atoms with E-state index in [0.717, 1.165) is 5.13 Å².